The summed E-state index contributed by atoms with van der Waals surface area (Å²) >= 11 is -13.0. The van der Waals surface area contributed by atoms with Crippen molar-refractivity contribution in [2.24, 2.45) is 0 Å². The van der Waals surface area contributed by atoms with E-state index in [9.17, 15) is 36.1 Å². The summed E-state index contributed by atoms with van der Waals surface area (Å²) in [5.41, 5.74) is 0. The van der Waals surface area contributed by atoms with Gasteiger partial charge in [-0.15, -0.1) is 0 Å². The van der Waals surface area contributed by atoms with E-state index in [2.05, 4.69) is 7.32 Å². The Morgan fingerprint density at radius 2 is 1.09 bits per heavy atom. The molecular formula is C12H22NaO18Sb2. The normalized spacial score (nSPS) is 40.5. The summed E-state index contributed by atoms with van der Waals surface area (Å²) in [5.74, 6) is -3.81. The summed E-state index contributed by atoms with van der Waals surface area (Å²) in [6.45, 7) is -2.19. The standard InChI is InChI=1S/2C6H10O7.Na.H2O.3O.2Sb/c2*7-1-2(8)3(9)4(10)5(11)6(12)13;;;;;;;/h2*2-5,7-8,10H,1H2,(H,12,13);;1H2;;;;;/q2*-2;;;;;;2*+2/t2*2-,3-,4+,5-;;;;;;;/m11......./s1. The van der Waals surface area contributed by atoms with Gasteiger partial charge in [-0.2, -0.15) is 0 Å². The van der Waals surface area contributed by atoms with Crippen molar-refractivity contribution in [3.63, 3.8) is 0 Å². The minimum absolute atomic E-state index is 0. The van der Waals surface area contributed by atoms with Crippen LogP contribution in [0.25, 0.3) is 0 Å². The van der Waals surface area contributed by atoms with Crippen LogP contribution in [-0.2, 0) is 29.0 Å². The molecule has 0 aromatic rings. The number of aliphatic hydroxyl groups excluding tert-OH is 6. The predicted octanol–water partition coefficient (Wildman–Crippen LogP) is -7.30. The largest absolute Gasteiger partial charge is 0 e. The molecule has 0 aliphatic carbocycles. The molecule has 2 aliphatic rings. The van der Waals surface area contributed by atoms with E-state index >= 15 is 0 Å². The minimum atomic E-state index is -6.51. The van der Waals surface area contributed by atoms with Gasteiger partial charge >= 0.3 is 184 Å². The second kappa shape index (κ2) is 13.3. The molecule has 21 heteroatoms. The number of aliphatic carboxylic acids is 2. The number of carboxylic acid groups (broad SMARTS) is 2. The van der Waals surface area contributed by atoms with Gasteiger partial charge in [0.15, 0.2) is 0 Å². The van der Waals surface area contributed by atoms with Crippen LogP contribution in [-0.4, -0.2) is 190 Å². The van der Waals surface area contributed by atoms with Gasteiger partial charge in [0.1, 0.15) is 0 Å². The molecule has 2 fully saturated rings. The first-order chi connectivity index (χ1) is 14.3. The number of rotatable bonds is 8. The Morgan fingerprint density at radius 3 is 1.33 bits per heavy atom. The van der Waals surface area contributed by atoms with E-state index in [1.54, 1.807) is 0 Å². The summed E-state index contributed by atoms with van der Waals surface area (Å²) < 4.78 is 49.3. The quantitative estimate of drug-likeness (QED) is 0.108. The van der Waals surface area contributed by atoms with Gasteiger partial charge in [-0.05, 0) is 0 Å². The zero-order valence-electron chi connectivity index (χ0n) is 16.7. The molecule has 0 bridgehead atoms. The Kier molecular flexibility index (Phi) is 13.6. The first-order valence-electron chi connectivity index (χ1n) is 8.32. The van der Waals surface area contributed by atoms with Crippen LogP contribution in [0.2, 0.25) is 0 Å². The fourth-order valence-corrected chi connectivity index (χ4v) is 17.7. The topological polar surface area (TPSA) is 308 Å². The number of carbonyl (C=O) groups is 2. The Morgan fingerprint density at radius 1 is 0.788 bits per heavy atom. The second-order valence-corrected chi connectivity index (χ2v) is 17.4. The molecule has 33 heavy (non-hydrogen) atoms. The Hall–Kier alpha value is 0.696. The fourth-order valence-electron chi connectivity index (χ4n) is 2.61. The minimum Gasteiger partial charge on any atom is 0 e. The van der Waals surface area contributed by atoms with Crippen LogP contribution in [0.3, 0.4) is 0 Å². The molecule has 2 saturated heterocycles. The first kappa shape index (κ1) is 33.7. The molecule has 2 heterocycles. The monoisotopic (exact) mass is 719 g/mol. The van der Waals surface area contributed by atoms with Crippen molar-refractivity contribution in [3.05, 3.63) is 0 Å². The first-order valence-corrected chi connectivity index (χ1v) is 16.7. The number of hydrogen-bond acceptors (Lipinski definition) is 15. The van der Waals surface area contributed by atoms with Gasteiger partial charge in [0.25, 0.3) is 0 Å². The van der Waals surface area contributed by atoms with Crippen LogP contribution in [0.15, 0.2) is 0 Å². The molecule has 0 amide bonds. The van der Waals surface area contributed by atoms with Crippen molar-refractivity contribution in [1.82, 2.24) is 0 Å². The van der Waals surface area contributed by atoms with Crippen LogP contribution in [0.1, 0.15) is 0 Å². The molecule has 10 N–H and O–H groups in total. The van der Waals surface area contributed by atoms with Gasteiger partial charge in [0, 0.05) is 29.6 Å². The van der Waals surface area contributed by atoms with Crippen LogP contribution in [0, 0.1) is 0 Å². The summed E-state index contributed by atoms with van der Waals surface area (Å²) in [5, 5.41) is 75.6. The molecular weight excluding hydrogens is 699 g/mol. The van der Waals surface area contributed by atoms with Gasteiger partial charge in [0.05, 0.1) is 0 Å². The summed E-state index contributed by atoms with van der Waals surface area (Å²) in [7, 11) is 0. The Labute approximate surface area is 217 Å². The van der Waals surface area contributed by atoms with E-state index in [-0.39, 0.29) is 35.0 Å². The smallest absolute Gasteiger partial charge is 0 e. The molecule has 0 aromatic carbocycles. The molecule has 189 valence electrons. The van der Waals surface area contributed by atoms with Crippen LogP contribution < -0.4 is 0 Å². The van der Waals surface area contributed by atoms with Crippen molar-refractivity contribution >= 4 is 81.6 Å². The molecule has 18 nitrogen and oxygen atoms in total. The van der Waals surface area contributed by atoms with Crippen molar-refractivity contribution < 1.29 is 75.3 Å². The predicted molar refractivity (Wildman–Crippen MR) is 96.3 cm³/mol. The number of carboxylic acids is 2. The van der Waals surface area contributed by atoms with E-state index in [4.69, 9.17) is 26.5 Å². The second-order valence-electron chi connectivity index (χ2n) is 6.33. The van der Waals surface area contributed by atoms with E-state index in [1.165, 1.54) is 0 Å². The molecule has 0 saturated carbocycles. The summed E-state index contributed by atoms with van der Waals surface area (Å²) in [4.78, 5) is 22.6. The van der Waals surface area contributed by atoms with Gasteiger partial charge in [-0.25, -0.2) is 0 Å². The molecule has 0 unspecified atom stereocenters. The summed E-state index contributed by atoms with van der Waals surface area (Å²) in [6.07, 6.45) is -17.1. The molecule has 0 spiro atoms. The van der Waals surface area contributed by atoms with Gasteiger partial charge in [-0.3, -0.25) is 0 Å². The number of aliphatic hydroxyl groups is 6. The van der Waals surface area contributed by atoms with Crippen molar-refractivity contribution in [1.29, 1.82) is 0 Å². The van der Waals surface area contributed by atoms with Crippen LogP contribution >= 0.6 is 0 Å². The maximum absolute atomic E-state index is 12.9. The molecule has 1 radical (unpaired) electrons. The number of hydrogen-bond donors (Lipinski definition) is 8. The van der Waals surface area contributed by atoms with Gasteiger partial charge in [-0.1, -0.05) is 0 Å². The molecule has 2 aliphatic heterocycles. The molecule has 2 rings (SSSR count). The Balaban J connectivity index is 0.00000512. The summed E-state index contributed by atoms with van der Waals surface area (Å²) in [6, 6.07) is 0. The maximum Gasteiger partial charge on any atom is 0 e. The SMILES string of the molecule is O.O=C(O)[C@@H]1[O][Sb](=[O])([O][Sb]2(=[O])[O][C@H]([C@H](O)CO)[C@H](O)[C@H](C(=O)O)[O]2)[O][C@H]([C@H](O)CO)[C@@H]1O.[Na]. The van der Waals surface area contributed by atoms with Crippen molar-refractivity contribution in [2.75, 3.05) is 13.2 Å². The van der Waals surface area contributed by atoms with Gasteiger partial charge in [0.2, 0.25) is 0 Å². The third kappa shape index (κ3) is 7.84. The molecule has 0 aromatic heterocycles. The van der Waals surface area contributed by atoms with E-state index in [0.29, 0.717) is 0 Å². The maximum atomic E-state index is 12.9. The van der Waals surface area contributed by atoms with Crippen molar-refractivity contribution in [3.8, 4) is 0 Å². The average Bonchev–Trinajstić information content (AvgIpc) is 2.69. The third-order valence-corrected chi connectivity index (χ3v) is 18.5. The van der Waals surface area contributed by atoms with E-state index in [1.807, 2.05) is 0 Å². The van der Waals surface area contributed by atoms with Crippen LogP contribution in [0.5, 0.6) is 0 Å². The molecule has 8 atom stereocenters. The zero-order chi connectivity index (χ0) is 23.7. The van der Waals surface area contributed by atoms with Crippen LogP contribution in [0.4, 0.5) is 0 Å². The average molecular weight is 721 g/mol. The fraction of sp³-hybridized carbons (Fsp3) is 0.833. The third-order valence-electron chi connectivity index (χ3n) is 4.10. The Bertz CT molecular complexity index is 718. The zero-order valence-corrected chi connectivity index (χ0v) is 23.8. The van der Waals surface area contributed by atoms with E-state index < -0.39 is 114 Å². The van der Waals surface area contributed by atoms with E-state index in [0.717, 1.165) is 0 Å². The van der Waals surface area contributed by atoms with Gasteiger partial charge < -0.3 is 5.48 Å². The van der Waals surface area contributed by atoms with Crippen molar-refractivity contribution in [2.45, 2.75) is 48.8 Å².